The lowest BCUT2D eigenvalue weighted by Crippen LogP contribution is -2.39. The Labute approximate surface area is 124 Å². The Bertz CT molecular complexity index is 357. The smallest absolute Gasteiger partial charge is 0.329 e. The molecule has 0 aromatic heterocycles. The number of carbonyl (C=O) groups excluding carboxylic acids is 1. The highest BCUT2D eigenvalue weighted by atomic mass is 16.5. The van der Waals surface area contributed by atoms with Gasteiger partial charge in [0, 0.05) is 32.8 Å². The molecule has 0 aromatic rings. The van der Waals surface area contributed by atoms with Gasteiger partial charge in [-0.15, -0.1) is 0 Å². The summed E-state index contributed by atoms with van der Waals surface area (Å²) in [6.07, 6.45) is 3.54. The summed E-state index contributed by atoms with van der Waals surface area (Å²) < 4.78 is 10.5. The average molecular weight is 300 g/mol. The van der Waals surface area contributed by atoms with Crippen molar-refractivity contribution in [2.24, 2.45) is 0 Å². The molecule has 2 aliphatic heterocycles. The molecule has 7 nitrogen and oxygen atoms in total. The summed E-state index contributed by atoms with van der Waals surface area (Å²) in [5.41, 5.74) is 0. The second kappa shape index (κ2) is 8.31. The van der Waals surface area contributed by atoms with Crippen molar-refractivity contribution in [1.29, 1.82) is 0 Å². The summed E-state index contributed by atoms with van der Waals surface area (Å²) in [4.78, 5) is 26.4. The molecule has 1 atom stereocenters. The number of hydrogen-bond donors (Lipinski definition) is 1. The molecule has 0 aliphatic carbocycles. The van der Waals surface area contributed by atoms with Gasteiger partial charge in [-0.2, -0.15) is 0 Å². The Morgan fingerprint density at radius 1 is 1.14 bits per heavy atom. The Morgan fingerprint density at radius 2 is 2.00 bits per heavy atom. The highest BCUT2D eigenvalue weighted by Gasteiger charge is 2.23. The van der Waals surface area contributed by atoms with Crippen LogP contribution in [0.1, 0.15) is 19.3 Å². The van der Waals surface area contributed by atoms with E-state index in [0.29, 0.717) is 19.2 Å². The maximum absolute atomic E-state index is 11.9. The molecular formula is C14H24N2O5. The maximum Gasteiger partial charge on any atom is 0.329 e. The minimum atomic E-state index is -1.05. The molecule has 21 heavy (non-hydrogen) atoms. The number of carboxylic acids is 1. The van der Waals surface area contributed by atoms with Gasteiger partial charge in [-0.3, -0.25) is 9.69 Å². The number of hydrogen-bond acceptors (Lipinski definition) is 5. The van der Waals surface area contributed by atoms with Gasteiger partial charge in [0.15, 0.2) is 0 Å². The molecule has 0 radical (unpaired) electrons. The van der Waals surface area contributed by atoms with Gasteiger partial charge in [0.05, 0.1) is 6.10 Å². The van der Waals surface area contributed by atoms with E-state index < -0.39 is 12.6 Å². The number of carbonyl (C=O) groups is 2. The molecule has 0 saturated carbocycles. The number of rotatable bonds is 6. The predicted octanol–water partition coefficient (Wildman–Crippen LogP) is -0.199. The summed E-state index contributed by atoms with van der Waals surface area (Å²) in [5.74, 6) is -1.18. The third kappa shape index (κ3) is 5.61. The molecule has 120 valence electrons. The molecule has 2 heterocycles. The molecule has 2 aliphatic rings. The van der Waals surface area contributed by atoms with Gasteiger partial charge >= 0.3 is 5.97 Å². The van der Waals surface area contributed by atoms with Gasteiger partial charge in [0.1, 0.15) is 13.2 Å². The van der Waals surface area contributed by atoms with E-state index in [4.69, 9.17) is 14.6 Å². The quantitative estimate of drug-likeness (QED) is 0.732. The van der Waals surface area contributed by atoms with E-state index in [1.54, 1.807) is 4.90 Å². The van der Waals surface area contributed by atoms with E-state index in [2.05, 4.69) is 4.90 Å². The largest absolute Gasteiger partial charge is 0.480 e. The van der Waals surface area contributed by atoms with E-state index >= 15 is 0 Å². The standard InChI is InChI=1S/C14H24N2O5/c17-13(10-20-11-14(18)19)16-5-2-4-15(6-7-16)9-12-3-1-8-21-12/h12H,1-11H2,(H,18,19). The number of aliphatic carboxylic acids is 1. The van der Waals surface area contributed by atoms with Gasteiger partial charge in [-0.05, 0) is 25.8 Å². The Morgan fingerprint density at radius 3 is 2.71 bits per heavy atom. The topological polar surface area (TPSA) is 79.3 Å². The molecule has 0 spiro atoms. The van der Waals surface area contributed by atoms with E-state index in [1.807, 2.05) is 0 Å². The summed E-state index contributed by atoms with van der Waals surface area (Å²) >= 11 is 0. The van der Waals surface area contributed by atoms with Crippen molar-refractivity contribution in [1.82, 2.24) is 9.80 Å². The lowest BCUT2D eigenvalue weighted by molar-refractivity contribution is -0.145. The van der Waals surface area contributed by atoms with Crippen LogP contribution in [0.4, 0.5) is 0 Å². The highest BCUT2D eigenvalue weighted by molar-refractivity contribution is 5.78. The van der Waals surface area contributed by atoms with Crippen molar-refractivity contribution in [3.8, 4) is 0 Å². The zero-order valence-corrected chi connectivity index (χ0v) is 12.3. The third-order valence-electron chi connectivity index (χ3n) is 3.88. The van der Waals surface area contributed by atoms with E-state index in [0.717, 1.165) is 45.5 Å². The lowest BCUT2D eigenvalue weighted by atomic mass is 10.2. The van der Waals surface area contributed by atoms with Gasteiger partial charge < -0.3 is 19.5 Å². The number of carboxylic acid groups (broad SMARTS) is 1. The van der Waals surface area contributed by atoms with Crippen LogP contribution in [0.5, 0.6) is 0 Å². The van der Waals surface area contributed by atoms with Crippen molar-refractivity contribution >= 4 is 11.9 Å². The van der Waals surface area contributed by atoms with Crippen LogP contribution in [0.2, 0.25) is 0 Å². The van der Waals surface area contributed by atoms with Crippen LogP contribution in [-0.2, 0) is 19.1 Å². The second-order valence-corrected chi connectivity index (χ2v) is 5.56. The average Bonchev–Trinajstić information content (AvgIpc) is 2.83. The number of nitrogens with zero attached hydrogens (tertiary/aromatic N) is 2. The molecule has 0 bridgehead atoms. The second-order valence-electron chi connectivity index (χ2n) is 5.56. The normalized spacial score (nSPS) is 24.0. The van der Waals surface area contributed by atoms with Crippen molar-refractivity contribution in [2.75, 3.05) is 52.5 Å². The molecule has 0 aromatic carbocycles. The van der Waals surface area contributed by atoms with Crippen molar-refractivity contribution < 1.29 is 24.2 Å². The van der Waals surface area contributed by atoms with Crippen LogP contribution < -0.4 is 0 Å². The predicted molar refractivity (Wildman–Crippen MR) is 75.1 cm³/mol. The third-order valence-corrected chi connectivity index (χ3v) is 3.88. The molecule has 1 unspecified atom stereocenters. The maximum atomic E-state index is 11.9. The van der Waals surface area contributed by atoms with Crippen LogP contribution in [0.15, 0.2) is 0 Å². The lowest BCUT2D eigenvalue weighted by Gasteiger charge is -2.24. The van der Waals surface area contributed by atoms with E-state index in [1.165, 1.54) is 0 Å². The van der Waals surface area contributed by atoms with Crippen molar-refractivity contribution in [3.05, 3.63) is 0 Å². The minimum Gasteiger partial charge on any atom is -0.480 e. The van der Waals surface area contributed by atoms with Gasteiger partial charge in [0.25, 0.3) is 0 Å². The zero-order valence-electron chi connectivity index (χ0n) is 12.3. The number of amides is 1. The SMILES string of the molecule is O=C(O)COCC(=O)N1CCCN(CC2CCCO2)CC1. The Kier molecular flexibility index (Phi) is 6.41. The molecule has 1 N–H and O–H groups in total. The molecule has 7 heteroatoms. The fourth-order valence-corrected chi connectivity index (χ4v) is 2.80. The summed E-state index contributed by atoms with van der Waals surface area (Å²) in [7, 11) is 0. The zero-order chi connectivity index (χ0) is 15.1. The Hall–Kier alpha value is -1.18. The molecule has 2 fully saturated rings. The van der Waals surface area contributed by atoms with Crippen LogP contribution in [0.25, 0.3) is 0 Å². The van der Waals surface area contributed by atoms with E-state index in [9.17, 15) is 9.59 Å². The molecular weight excluding hydrogens is 276 g/mol. The Balaban J connectivity index is 1.69. The van der Waals surface area contributed by atoms with Gasteiger partial charge in [0.2, 0.25) is 5.91 Å². The van der Waals surface area contributed by atoms with Gasteiger partial charge in [-0.1, -0.05) is 0 Å². The fraction of sp³-hybridized carbons (Fsp3) is 0.857. The van der Waals surface area contributed by atoms with Crippen LogP contribution >= 0.6 is 0 Å². The fourth-order valence-electron chi connectivity index (χ4n) is 2.80. The first kappa shape index (κ1) is 16.2. The van der Waals surface area contributed by atoms with Crippen LogP contribution in [-0.4, -0.2) is 85.4 Å². The summed E-state index contributed by atoms with van der Waals surface area (Å²) in [6, 6.07) is 0. The van der Waals surface area contributed by atoms with Crippen molar-refractivity contribution in [3.63, 3.8) is 0 Å². The molecule has 2 saturated heterocycles. The molecule has 2 rings (SSSR count). The minimum absolute atomic E-state index is 0.129. The van der Waals surface area contributed by atoms with Crippen LogP contribution in [0.3, 0.4) is 0 Å². The van der Waals surface area contributed by atoms with Crippen molar-refractivity contribution in [2.45, 2.75) is 25.4 Å². The highest BCUT2D eigenvalue weighted by Crippen LogP contribution is 2.14. The summed E-state index contributed by atoms with van der Waals surface area (Å²) in [6.45, 7) is 4.41. The van der Waals surface area contributed by atoms with Gasteiger partial charge in [-0.25, -0.2) is 4.79 Å². The van der Waals surface area contributed by atoms with Crippen LogP contribution in [0, 0.1) is 0 Å². The monoisotopic (exact) mass is 300 g/mol. The first-order valence-corrected chi connectivity index (χ1v) is 7.56. The van der Waals surface area contributed by atoms with E-state index in [-0.39, 0.29) is 12.5 Å². The first-order valence-electron chi connectivity index (χ1n) is 7.56. The summed E-state index contributed by atoms with van der Waals surface area (Å²) in [5, 5.41) is 8.48. The first-order chi connectivity index (χ1) is 10.1. The molecule has 1 amide bonds. The number of ether oxygens (including phenoxy) is 2.